The molecule has 0 bridgehead atoms. The monoisotopic (exact) mass is 312 g/mol. The molecule has 3 nitrogen and oxygen atoms in total. The van der Waals surface area contributed by atoms with Gasteiger partial charge in [0.05, 0.1) is 7.11 Å². The molecule has 0 aliphatic heterocycles. The summed E-state index contributed by atoms with van der Waals surface area (Å²) in [6.45, 7) is 0.587. The van der Waals surface area contributed by atoms with Gasteiger partial charge in [0.25, 0.3) is 0 Å². The molecule has 1 unspecified atom stereocenters. The average molecular weight is 313 g/mol. The Balaban J connectivity index is 2.17. The summed E-state index contributed by atoms with van der Waals surface area (Å²) in [6.07, 6.45) is 5.16. The Labute approximate surface area is 117 Å². The van der Waals surface area contributed by atoms with Crippen molar-refractivity contribution >= 4 is 15.9 Å². The number of ether oxygens (including phenoxy) is 1. The molecule has 0 amide bonds. The lowest BCUT2D eigenvalue weighted by atomic mass is 10.0. The van der Waals surface area contributed by atoms with Crippen molar-refractivity contribution in [3.63, 3.8) is 0 Å². The predicted molar refractivity (Wildman–Crippen MR) is 77.9 cm³/mol. The summed E-state index contributed by atoms with van der Waals surface area (Å²) in [7, 11) is 1.70. The quantitative estimate of drug-likeness (QED) is 0.878. The molecule has 0 saturated heterocycles. The van der Waals surface area contributed by atoms with Crippen molar-refractivity contribution < 1.29 is 4.74 Å². The highest BCUT2D eigenvalue weighted by atomic mass is 79.9. The zero-order chi connectivity index (χ0) is 13.0. The molecule has 2 rings (SSSR count). The lowest BCUT2D eigenvalue weighted by Gasteiger charge is -2.24. The van der Waals surface area contributed by atoms with E-state index in [0.717, 1.165) is 15.8 Å². The second-order valence-corrected chi connectivity index (χ2v) is 5.74. The number of methoxy groups -OCH3 is 1. The van der Waals surface area contributed by atoms with Crippen molar-refractivity contribution in [2.75, 3.05) is 13.7 Å². The van der Waals surface area contributed by atoms with Crippen LogP contribution in [0, 0.1) is 0 Å². The van der Waals surface area contributed by atoms with Crippen LogP contribution >= 0.6 is 15.9 Å². The van der Waals surface area contributed by atoms with Crippen LogP contribution < -0.4 is 15.8 Å². The highest BCUT2D eigenvalue weighted by Crippen LogP contribution is 2.30. The Morgan fingerprint density at radius 2 is 2.17 bits per heavy atom. The summed E-state index contributed by atoms with van der Waals surface area (Å²) in [5.41, 5.74) is 7.06. The molecule has 0 heterocycles. The van der Waals surface area contributed by atoms with Gasteiger partial charge in [-0.2, -0.15) is 0 Å². The molecule has 1 aliphatic rings. The van der Waals surface area contributed by atoms with Crippen LogP contribution in [0.1, 0.15) is 37.3 Å². The van der Waals surface area contributed by atoms with E-state index in [0.29, 0.717) is 12.6 Å². The first-order valence-electron chi connectivity index (χ1n) is 6.54. The first-order valence-corrected chi connectivity index (χ1v) is 7.33. The van der Waals surface area contributed by atoms with E-state index in [2.05, 4.69) is 27.3 Å². The minimum absolute atomic E-state index is 0.167. The molecule has 1 atom stereocenters. The van der Waals surface area contributed by atoms with Gasteiger partial charge in [0.1, 0.15) is 5.75 Å². The maximum absolute atomic E-state index is 5.92. The molecule has 4 heteroatoms. The maximum atomic E-state index is 5.92. The normalized spacial score (nSPS) is 17.9. The first-order chi connectivity index (χ1) is 8.74. The SMILES string of the molecule is COc1ccc(Br)cc1C(CN)NC1CCCC1. The van der Waals surface area contributed by atoms with Crippen molar-refractivity contribution in [3.8, 4) is 5.75 Å². The fourth-order valence-electron chi connectivity index (χ4n) is 2.64. The van der Waals surface area contributed by atoms with Gasteiger partial charge in [-0.1, -0.05) is 28.8 Å². The van der Waals surface area contributed by atoms with Crippen molar-refractivity contribution in [2.45, 2.75) is 37.8 Å². The molecule has 1 fully saturated rings. The average Bonchev–Trinajstić information content (AvgIpc) is 2.88. The highest BCUT2D eigenvalue weighted by molar-refractivity contribution is 9.10. The number of halogens is 1. The van der Waals surface area contributed by atoms with Crippen LogP contribution in [0.5, 0.6) is 5.75 Å². The molecule has 1 aliphatic carbocycles. The van der Waals surface area contributed by atoms with Crippen molar-refractivity contribution in [1.82, 2.24) is 5.32 Å². The Morgan fingerprint density at radius 1 is 1.44 bits per heavy atom. The van der Waals surface area contributed by atoms with Gasteiger partial charge in [0.2, 0.25) is 0 Å². The lowest BCUT2D eigenvalue weighted by Crippen LogP contribution is -2.35. The van der Waals surface area contributed by atoms with Gasteiger partial charge < -0.3 is 15.8 Å². The van der Waals surface area contributed by atoms with E-state index in [9.17, 15) is 0 Å². The molecule has 18 heavy (non-hydrogen) atoms. The highest BCUT2D eigenvalue weighted by Gasteiger charge is 2.21. The van der Waals surface area contributed by atoms with E-state index in [1.807, 2.05) is 12.1 Å². The Hall–Kier alpha value is -0.580. The van der Waals surface area contributed by atoms with Crippen LogP contribution in [0.4, 0.5) is 0 Å². The predicted octanol–water partition coefficient (Wildman–Crippen LogP) is 2.99. The number of rotatable bonds is 5. The molecule has 1 saturated carbocycles. The van der Waals surface area contributed by atoms with E-state index >= 15 is 0 Å². The second-order valence-electron chi connectivity index (χ2n) is 4.82. The smallest absolute Gasteiger partial charge is 0.123 e. The molecule has 0 radical (unpaired) electrons. The van der Waals surface area contributed by atoms with E-state index in [4.69, 9.17) is 10.5 Å². The van der Waals surface area contributed by atoms with Gasteiger partial charge in [0.15, 0.2) is 0 Å². The van der Waals surface area contributed by atoms with Crippen LogP contribution in [0.2, 0.25) is 0 Å². The summed E-state index contributed by atoms with van der Waals surface area (Å²) in [6, 6.07) is 6.84. The molecule has 3 N–H and O–H groups in total. The maximum Gasteiger partial charge on any atom is 0.123 e. The summed E-state index contributed by atoms with van der Waals surface area (Å²) in [4.78, 5) is 0. The van der Waals surface area contributed by atoms with E-state index < -0.39 is 0 Å². The standard InChI is InChI=1S/C14H21BrN2O/c1-18-14-7-6-10(15)8-12(14)13(9-16)17-11-4-2-3-5-11/h6-8,11,13,17H,2-5,9,16H2,1H3. The summed E-state index contributed by atoms with van der Waals surface area (Å²) >= 11 is 3.51. The minimum Gasteiger partial charge on any atom is -0.496 e. The van der Waals surface area contributed by atoms with Gasteiger partial charge in [-0.25, -0.2) is 0 Å². The summed E-state index contributed by atoms with van der Waals surface area (Å²) < 4.78 is 6.49. The molecule has 0 spiro atoms. The Kier molecular flexibility index (Phi) is 5.03. The Bertz CT molecular complexity index is 391. The van der Waals surface area contributed by atoms with Crippen LogP contribution in [0.15, 0.2) is 22.7 Å². The third-order valence-electron chi connectivity index (χ3n) is 3.59. The van der Waals surface area contributed by atoms with Gasteiger partial charge in [-0.05, 0) is 31.0 Å². The number of hydrogen-bond donors (Lipinski definition) is 2. The fourth-order valence-corrected chi connectivity index (χ4v) is 3.02. The minimum atomic E-state index is 0.167. The molecular formula is C14H21BrN2O. The third kappa shape index (κ3) is 3.25. The van der Waals surface area contributed by atoms with Gasteiger partial charge >= 0.3 is 0 Å². The van der Waals surface area contributed by atoms with Gasteiger partial charge in [0, 0.05) is 28.7 Å². The Morgan fingerprint density at radius 3 is 2.78 bits per heavy atom. The van der Waals surface area contributed by atoms with Crippen LogP contribution in [-0.4, -0.2) is 19.7 Å². The van der Waals surface area contributed by atoms with E-state index in [1.165, 1.54) is 25.7 Å². The second kappa shape index (κ2) is 6.55. The van der Waals surface area contributed by atoms with Crippen LogP contribution in [0.25, 0.3) is 0 Å². The summed E-state index contributed by atoms with van der Waals surface area (Å²) in [5, 5.41) is 3.66. The topological polar surface area (TPSA) is 47.3 Å². The largest absolute Gasteiger partial charge is 0.496 e. The zero-order valence-corrected chi connectivity index (χ0v) is 12.4. The van der Waals surface area contributed by atoms with Crippen LogP contribution in [0.3, 0.4) is 0 Å². The van der Waals surface area contributed by atoms with Crippen LogP contribution in [-0.2, 0) is 0 Å². The van der Waals surface area contributed by atoms with Crippen molar-refractivity contribution in [1.29, 1.82) is 0 Å². The summed E-state index contributed by atoms with van der Waals surface area (Å²) in [5.74, 6) is 0.902. The number of benzene rings is 1. The van der Waals surface area contributed by atoms with E-state index in [1.54, 1.807) is 7.11 Å². The fraction of sp³-hybridized carbons (Fsp3) is 0.571. The number of nitrogens with two attached hydrogens (primary N) is 1. The zero-order valence-electron chi connectivity index (χ0n) is 10.8. The first kappa shape index (κ1) is 13.8. The molecule has 0 aromatic heterocycles. The van der Waals surface area contributed by atoms with E-state index in [-0.39, 0.29) is 6.04 Å². The molecular weight excluding hydrogens is 292 g/mol. The number of nitrogens with one attached hydrogen (secondary N) is 1. The van der Waals surface area contributed by atoms with Crippen molar-refractivity contribution in [2.24, 2.45) is 5.73 Å². The molecule has 1 aromatic rings. The molecule has 1 aromatic carbocycles. The third-order valence-corrected chi connectivity index (χ3v) is 4.09. The van der Waals surface area contributed by atoms with Gasteiger partial charge in [-0.15, -0.1) is 0 Å². The van der Waals surface area contributed by atoms with Crippen molar-refractivity contribution in [3.05, 3.63) is 28.2 Å². The number of hydrogen-bond acceptors (Lipinski definition) is 3. The molecule has 100 valence electrons. The van der Waals surface area contributed by atoms with Gasteiger partial charge in [-0.3, -0.25) is 0 Å². The lowest BCUT2D eigenvalue weighted by molar-refractivity contribution is 0.388.